The van der Waals surface area contributed by atoms with Crippen molar-refractivity contribution < 1.29 is 12.8 Å². The van der Waals surface area contributed by atoms with E-state index in [9.17, 15) is 17.6 Å². The standard InChI is InChI=1S/C26H25FN8O3S/c1-15-9-10-34-22(15)26(36)35(20-7-5-4-6-8-20)25(32-34)16(2)31-24-21(23(28)29-14-30-24)17-11-18(27)13-19(12-17)33-39(3,37)38/h4-14,16,33H,1-3H3,(H3,28,29,30,31). The molecule has 5 aromatic rings. The van der Waals surface area contributed by atoms with E-state index in [-0.39, 0.29) is 34.0 Å². The van der Waals surface area contributed by atoms with E-state index in [2.05, 4.69) is 20.0 Å². The molecular formula is C26H25FN8O3S. The number of sulfonamides is 1. The van der Waals surface area contributed by atoms with Gasteiger partial charge in [0.05, 0.1) is 29.2 Å². The van der Waals surface area contributed by atoms with Crippen LogP contribution in [0.3, 0.4) is 0 Å². The van der Waals surface area contributed by atoms with Gasteiger partial charge in [-0.3, -0.25) is 14.1 Å². The van der Waals surface area contributed by atoms with Crippen molar-refractivity contribution >= 4 is 32.9 Å². The second kappa shape index (κ2) is 9.83. The monoisotopic (exact) mass is 548 g/mol. The lowest BCUT2D eigenvalue weighted by molar-refractivity contribution is 0.606. The fraction of sp³-hybridized carbons (Fsp3) is 0.154. The van der Waals surface area contributed by atoms with E-state index in [0.717, 1.165) is 17.9 Å². The van der Waals surface area contributed by atoms with Gasteiger partial charge >= 0.3 is 0 Å². The second-order valence-corrected chi connectivity index (χ2v) is 10.8. The summed E-state index contributed by atoms with van der Waals surface area (Å²) in [5, 5.41) is 7.96. The molecule has 3 heterocycles. The van der Waals surface area contributed by atoms with Crippen molar-refractivity contribution in [3.8, 4) is 16.8 Å². The predicted octanol–water partition coefficient (Wildman–Crippen LogP) is 3.52. The number of hydrogen-bond donors (Lipinski definition) is 3. The van der Waals surface area contributed by atoms with Crippen LogP contribution in [0.15, 0.2) is 71.9 Å². The van der Waals surface area contributed by atoms with Crippen LogP contribution in [0.25, 0.3) is 22.3 Å². The Morgan fingerprint density at radius 2 is 1.82 bits per heavy atom. The topological polar surface area (TPSA) is 149 Å². The van der Waals surface area contributed by atoms with Crippen molar-refractivity contribution in [3.05, 3.63) is 94.7 Å². The molecule has 0 saturated carbocycles. The number of rotatable bonds is 7. The predicted molar refractivity (Wildman–Crippen MR) is 148 cm³/mol. The highest BCUT2D eigenvalue weighted by Crippen LogP contribution is 2.34. The molecular weight excluding hydrogens is 523 g/mol. The first-order valence-electron chi connectivity index (χ1n) is 11.8. The summed E-state index contributed by atoms with van der Waals surface area (Å²) < 4.78 is 43.3. The maximum absolute atomic E-state index is 14.5. The quantitative estimate of drug-likeness (QED) is 0.280. The average Bonchev–Trinajstić information content (AvgIpc) is 3.24. The molecule has 0 spiro atoms. The minimum absolute atomic E-state index is 0.0164. The first kappa shape index (κ1) is 25.9. The Morgan fingerprint density at radius 1 is 1.08 bits per heavy atom. The van der Waals surface area contributed by atoms with E-state index < -0.39 is 21.9 Å². The molecule has 1 unspecified atom stereocenters. The molecule has 0 radical (unpaired) electrons. The number of aryl methyl sites for hydroxylation is 1. The largest absolute Gasteiger partial charge is 0.383 e. The number of anilines is 3. The summed E-state index contributed by atoms with van der Waals surface area (Å²) in [4.78, 5) is 22.0. The minimum Gasteiger partial charge on any atom is -0.383 e. The number of hydrogen-bond acceptors (Lipinski definition) is 8. The zero-order valence-corrected chi connectivity index (χ0v) is 22.1. The van der Waals surface area contributed by atoms with Crippen molar-refractivity contribution in [2.75, 3.05) is 22.0 Å². The van der Waals surface area contributed by atoms with Crippen molar-refractivity contribution in [1.82, 2.24) is 24.1 Å². The highest BCUT2D eigenvalue weighted by molar-refractivity contribution is 7.92. The lowest BCUT2D eigenvalue weighted by atomic mass is 10.1. The average molecular weight is 549 g/mol. The Morgan fingerprint density at radius 3 is 2.54 bits per heavy atom. The Balaban J connectivity index is 1.63. The summed E-state index contributed by atoms with van der Waals surface area (Å²) in [6.07, 6.45) is 3.93. The van der Waals surface area contributed by atoms with E-state index in [1.807, 2.05) is 43.3 Å². The van der Waals surface area contributed by atoms with Gasteiger partial charge in [-0.25, -0.2) is 27.3 Å². The number of nitrogens with one attached hydrogen (secondary N) is 2. The lowest BCUT2D eigenvalue weighted by Gasteiger charge is -2.21. The van der Waals surface area contributed by atoms with Crippen LogP contribution in [-0.4, -0.2) is 38.8 Å². The van der Waals surface area contributed by atoms with Crippen LogP contribution in [0, 0.1) is 12.7 Å². The molecule has 0 bridgehead atoms. The summed E-state index contributed by atoms with van der Waals surface area (Å²) in [5.41, 5.74) is 8.34. The summed E-state index contributed by atoms with van der Waals surface area (Å²) >= 11 is 0. The third-order valence-electron chi connectivity index (χ3n) is 6.03. The molecule has 0 aliphatic heterocycles. The normalized spacial score (nSPS) is 12.4. The zero-order chi connectivity index (χ0) is 27.9. The fourth-order valence-electron chi connectivity index (χ4n) is 4.41. The van der Waals surface area contributed by atoms with Crippen molar-refractivity contribution in [3.63, 3.8) is 0 Å². The number of aromatic nitrogens is 5. The van der Waals surface area contributed by atoms with E-state index in [4.69, 9.17) is 10.8 Å². The number of nitrogens with two attached hydrogens (primary N) is 1. The van der Waals surface area contributed by atoms with Gasteiger partial charge in [0.25, 0.3) is 5.56 Å². The number of para-hydroxylation sites is 1. The maximum atomic E-state index is 14.5. The van der Waals surface area contributed by atoms with Crippen LogP contribution in [0.4, 0.5) is 21.7 Å². The summed E-state index contributed by atoms with van der Waals surface area (Å²) in [6, 6.07) is 14.0. The molecule has 1 atom stereocenters. The van der Waals surface area contributed by atoms with Gasteiger partial charge in [-0.15, -0.1) is 0 Å². The van der Waals surface area contributed by atoms with Gasteiger partial charge in [0.15, 0.2) is 5.82 Å². The minimum atomic E-state index is -3.66. The number of nitrogens with zero attached hydrogens (tertiary/aromatic N) is 5. The van der Waals surface area contributed by atoms with Gasteiger partial charge in [0.2, 0.25) is 10.0 Å². The Bertz CT molecular complexity index is 1870. The zero-order valence-electron chi connectivity index (χ0n) is 21.3. The third-order valence-corrected chi connectivity index (χ3v) is 6.64. The van der Waals surface area contributed by atoms with E-state index in [1.54, 1.807) is 13.1 Å². The Kier molecular flexibility index (Phi) is 6.52. The maximum Gasteiger partial charge on any atom is 0.282 e. The first-order chi connectivity index (χ1) is 18.5. The van der Waals surface area contributed by atoms with Gasteiger partial charge in [-0.05, 0) is 61.4 Å². The molecule has 0 aliphatic rings. The molecule has 0 aliphatic carbocycles. The van der Waals surface area contributed by atoms with Crippen molar-refractivity contribution in [2.24, 2.45) is 0 Å². The molecule has 0 saturated heterocycles. The van der Waals surface area contributed by atoms with Crippen molar-refractivity contribution in [1.29, 1.82) is 0 Å². The lowest BCUT2D eigenvalue weighted by Crippen LogP contribution is -2.29. The Labute approximate surface area is 223 Å². The van der Waals surface area contributed by atoms with E-state index >= 15 is 0 Å². The van der Waals surface area contributed by atoms with Crippen LogP contribution >= 0.6 is 0 Å². The summed E-state index contributed by atoms with van der Waals surface area (Å²) in [7, 11) is -3.66. The van der Waals surface area contributed by atoms with E-state index in [1.165, 1.54) is 27.5 Å². The molecule has 0 amide bonds. The van der Waals surface area contributed by atoms with Gasteiger partial charge in [-0.1, -0.05) is 18.2 Å². The molecule has 39 heavy (non-hydrogen) atoms. The SMILES string of the molecule is Cc1ccn2nc(C(C)Nc3ncnc(N)c3-c3cc(F)cc(NS(C)(=O)=O)c3)n(-c3ccccc3)c(=O)c12. The molecule has 2 aromatic carbocycles. The summed E-state index contributed by atoms with van der Waals surface area (Å²) in [5.74, 6) is -0.0194. The number of fused-ring (bicyclic) bond motifs is 1. The Hall–Kier alpha value is -4.78. The number of halogens is 1. The molecule has 0 fully saturated rings. The van der Waals surface area contributed by atoms with Crippen LogP contribution in [-0.2, 0) is 10.0 Å². The highest BCUT2D eigenvalue weighted by Gasteiger charge is 2.22. The van der Waals surface area contributed by atoms with E-state index in [0.29, 0.717) is 17.0 Å². The molecule has 4 N–H and O–H groups in total. The van der Waals surface area contributed by atoms with Crippen molar-refractivity contribution in [2.45, 2.75) is 19.9 Å². The van der Waals surface area contributed by atoms with Crippen LogP contribution in [0.2, 0.25) is 0 Å². The van der Waals surface area contributed by atoms with Crippen LogP contribution < -0.4 is 21.3 Å². The first-order valence-corrected chi connectivity index (χ1v) is 13.7. The second-order valence-electron chi connectivity index (χ2n) is 9.08. The summed E-state index contributed by atoms with van der Waals surface area (Å²) in [6.45, 7) is 3.64. The molecule has 11 nitrogen and oxygen atoms in total. The number of benzene rings is 2. The number of nitrogen functional groups attached to an aromatic ring is 1. The molecule has 3 aromatic heterocycles. The molecule has 200 valence electrons. The fourth-order valence-corrected chi connectivity index (χ4v) is 4.95. The van der Waals surface area contributed by atoms with Gasteiger partial charge in [-0.2, -0.15) is 5.10 Å². The van der Waals surface area contributed by atoms with Gasteiger partial charge in [0.1, 0.15) is 29.3 Å². The van der Waals surface area contributed by atoms with Gasteiger partial charge < -0.3 is 11.1 Å². The van der Waals surface area contributed by atoms with Crippen LogP contribution in [0.1, 0.15) is 24.4 Å². The van der Waals surface area contributed by atoms with Gasteiger partial charge in [0, 0.05) is 6.20 Å². The molecule has 13 heteroatoms. The highest BCUT2D eigenvalue weighted by atomic mass is 32.2. The van der Waals surface area contributed by atoms with Crippen LogP contribution in [0.5, 0.6) is 0 Å². The smallest absolute Gasteiger partial charge is 0.282 e. The third kappa shape index (κ3) is 5.16. The molecule has 5 rings (SSSR count).